The predicted octanol–water partition coefficient (Wildman–Crippen LogP) is 3.47. The Morgan fingerprint density at radius 1 is 1.20 bits per heavy atom. The first-order valence-electron chi connectivity index (χ1n) is 8.50. The Kier molecular flexibility index (Phi) is 3.95. The van der Waals surface area contributed by atoms with Gasteiger partial charge in [-0.05, 0) is 57.2 Å². The zero-order valence-corrected chi connectivity index (χ0v) is 14.3. The van der Waals surface area contributed by atoms with Gasteiger partial charge in [0.25, 0.3) is 5.89 Å². The fourth-order valence-corrected chi connectivity index (χ4v) is 3.37. The summed E-state index contributed by atoms with van der Waals surface area (Å²) >= 11 is 0. The summed E-state index contributed by atoms with van der Waals surface area (Å²) in [7, 11) is 0. The third-order valence-electron chi connectivity index (χ3n) is 4.52. The highest BCUT2D eigenvalue weighted by atomic mass is 16.6. The second-order valence-electron chi connectivity index (χ2n) is 6.45. The van der Waals surface area contributed by atoms with E-state index in [0.717, 1.165) is 53.4 Å². The van der Waals surface area contributed by atoms with Crippen LogP contribution in [0.25, 0.3) is 10.9 Å². The molecule has 0 unspecified atom stereocenters. The number of rotatable bonds is 3. The minimum Gasteiger partial charge on any atom is -0.452 e. The minimum absolute atomic E-state index is 0.0237. The number of esters is 1. The van der Waals surface area contributed by atoms with Gasteiger partial charge < -0.3 is 9.26 Å². The van der Waals surface area contributed by atoms with Crippen molar-refractivity contribution in [1.82, 2.24) is 15.1 Å². The van der Waals surface area contributed by atoms with E-state index in [9.17, 15) is 4.79 Å². The first kappa shape index (κ1) is 15.7. The van der Waals surface area contributed by atoms with Gasteiger partial charge in [-0.1, -0.05) is 16.8 Å². The van der Waals surface area contributed by atoms with Gasteiger partial charge in [-0.15, -0.1) is 0 Å². The van der Waals surface area contributed by atoms with Crippen LogP contribution in [0.5, 0.6) is 0 Å². The van der Waals surface area contributed by atoms with Crippen LogP contribution in [0.4, 0.5) is 0 Å². The van der Waals surface area contributed by atoms with Crippen molar-refractivity contribution in [3.8, 4) is 0 Å². The second-order valence-corrected chi connectivity index (χ2v) is 6.45. The van der Waals surface area contributed by atoms with Crippen molar-refractivity contribution < 1.29 is 14.1 Å². The molecule has 0 spiro atoms. The highest BCUT2D eigenvalue weighted by molar-refractivity contribution is 6.05. The maximum atomic E-state index is 12.9. The van der Waals surface area contributed by atoms with Crippen molar-refractivity contribution in [1.29, 1.82) is 0 Å². The number of nitrogens with zero attached hydrogens (tertiary/aromatic N) is 3. The number of aryl methyl sites for hydroxylation is 3. The molecule has 128 valence electrons. The molecular weight excluding hydrogens is 318 g/mol. The smallest absolute Gasteiger partial charge is 0.339 e. The molecule has 2 heterocycles. The Labute approximate surface area is 145 Å². The molecule has 6 nitrogen and oxygen atoms in total. The molecule has 6 heteroatoms. The van der Waals surface area contributed by atoms with Gasteiger partial charge in [0.05, 0.1) is 11.1 Å². The largest absolute Gasteiger partial charge is 0.452 e. The van der Waals surface area contributed by atoms with E-state index in [-0.39, 0.29) is 12.6 Å². The Balaban J connectivity index is 1.75. The molecule has 0 N–H and O–H groups in total. The summed E-state index contributed by atoms with van der Waals surface area (Å²) in [6, 6.07) is 5.99. The summed E-state index contributed by atoms with van der Waals surface area (Å²) < 4.78 is 10.5. The summed E-state index contributed by atoms with van der Waals surface area (Å²) in [5.41, 5.74) is 4.61. The molecule has 0 bridgehead atoms. The average molecular weight is 337 g/mol. The number of carbonyl (C=O) groups excluding carboxylic acids is 1. The lowest BCUT2D eigenvalue weighted by Crippen LogP contribution is -2.15. The average Bonchev–Trinajstić information content (AvgIpc) is 3.03. The lowest BCUT2D eigenvalue weighted by atomic mass is 9.89. The maximum absolute atomic E-state index is 12.9. The first-order chi connectivity index (χ1) is 12.1. The van der Waals surface area contributed by atoms with E-state index < -0.39 is 0 Å². The van der Waals surface area contributed by atoms with Crippen LogP contribution >= 0.6 is 0 Å². The standard InChI is InChI=1S/C19H19N3O3/c1-11-7-8-16-14(9-11)18(13-5-3-4-6-15(13)21-16)19(23)24-10-17-20-12(2)22-25-17/h7-9H,3-6,10H2,1-2H3. The normalized spacial score (nSPS) is 13.7. The fraction of sp³-hybridized carbons (Fsp3) is 0.368. The molecular formula is C19H19N3O3. The number of hydrogen-bond acceptors (Lipinski definition) is 6. The number of pyridine rings is 1. The Morgan fingerprint density at radius 2 is 2.04 bits per heavy atom. The van der Waals surface area contributed by atoms with Crippen LogP contribution < -0.4 is 0 Å². The van der Waals surface area contributed by atoms with Crippen LogP contribution in [0.3, 0.4) is 0 Å². The van der Waals surface area contributed by atoms with E-state index >= 15 is 0 Å². The summed E-state index contributed by atoms with van der Waals surface area (Å²) in [5, 5.41) is 4.57. The number of hydrogen-bond donors (Lipinski definition) is 0. The van der Waals surface area contributed by atoms with Crippen LogP contribution in [0.15, 0.2) is 22.7 Å². The van der Waals surface area contributed by atoms with Crippen LogP contribution in [0, 0.1) is 13.8 Å². The van der Waals surface area contributed by atoms with E-state index in [4.69, 9.17) is 14.2 Å². The van der Waals surface area contributed by atoms with Crippen LogP contribution in [-0.4, -0.2) is 21.1 Å². The molecule has 0 amide bonds. The summed E-state index contributed by atoms with van der Waals surface area (Å²) in [6.45, 7) is 3.71. The second kappa shape index (κ2) is 6.27. The van der Waals surface area contributed by atoms with Gasteiger partial charge in [0.2, 0.25) is 0 Å². The third kappa shape index (κ3) is 2.99. The Morgan fingerprint density at radius 3 is 2.84 bits per heavy atom. The van der Waals surface area contributed by atoms with Gasteiger partial charge >= 0.3 is 5.97 Å². The zero-order valence-electron chi connectivity index (χ0n) is 14.3. The van der Waals surface area contributed by atoms with Crippen molar-refractivity contribution >= 4 is 16.9 Å². The fourth-order valence-electron chi connectivity index (χ4n) is 3.37. The van der Waals surface area contributed by atoms with Crippen LogP contribution in [0.1, 0.15) is 51.7 Å². The number of aromatic nitrogens is 3. The number of fused-ring (bicyclic) bond motifs is 2. The molecule has 0 saturated heterocycles. The summed E-state index contributed by atoms with van der Waals surface area (Å²) in [6.07, 6.45) is 3.93. The third-order valence-corrected chi connectivity index (χ3v) is 4.52. The number of carbonyl (C=O) groups is 1. The van der Waals surface area contributed by atoms with E-state index in [1.165, 1.54) is 0 Å². The topological polar surface area (TPSA) is 78.1 Å². The number of benzene rings is 1. The van der Waals surface area contributed by atoms with Crippen molar-refractivity contribution in [2.24, 2.45) is 0 Å². The lowest BCUT2D eigenvalue weighted by Gasteiger charge is -2.20. The molecule has 2 aromatic heterocycles. The Hall–Kier alpha value is -2.76. The molecule has 0 saturated carbocycles. The lowest BCUT2D eigenvalue weighted by molar-refractivity contribution is 0.0430. The van der Waals surface area contributed by atoms with Gasteiger partial charge in [0, 0.05) is 11.1 Å². The maximum Gasteiger partial charge on any atom is 0.339 e. The highest BCUT2D eigenvalue weighted by Gasteiger charge is 2.24. The van der Waals surface area contributed by atoms with Crippen LogP contribution in [0.2, 0.25) is 0 Å². The zero-order chi connectivity index (χ0) is 17.4. The van der Waals surface area contributed by atoms with Gasteiger partial charge in [0.15, 0.2) is 12.4 Å². The monoisotopic (exact) mass is 337 g/mol. The summed E-state index contributed by atoms with van der Waals surface area (Å²) in [4.78, 5) is 21.7. The molecule has 1 aromatic carbocycles. The molecule has 3 aromatic rings. The quantitative estimate of drug-likeness (QED) is 0.681. The minimum atomic E-state index is -0.355. The SMILES string of the molecule is Cc1ccc2nc3c(c(C(=O)OCc4nc(C)no4)c2c1)CCCC3. The van der Waals surface area contributed by atoms with Gasteiger partial charge in [-0.3, -0.25) is 4.98 Å². The van der Waals surface area contributed by atoms with E-state index in [0.29, 0.717) is 17.3 Å². The van der Waals surface area contributed by atoms with Crippen LogP contribution in [-0.2, 0) is 24.2 Å². The Bertz CT molecular complexity index is 962. The highest BCUT2D eigenvalue weighted by Crippen LogP contribution is 2.30. The van der Waals surface area contributed by atoms with Crippen molar-refractivity contribution in [2.75, 3.05) is 0 Å². The molecule has 4 rings (SSSR count). The molecule has 0 radical (unpaired) electrons. The van der Waals surface area contributed by atoms with Crippen molar-refractivity contribution in [3.63, 3.8) is 0 Å². The molecule has 0 aliphatic heterocycles. The molecule has 0 atom stereocenters. The van der Waals surface area contributed by atoms with E-state index in [2.05, 4.69) is 10.1 Å². The number of ether oxygens (including phenoxy) is 1. The van der Waals surface area contributed by atoms with Crippen molar-refractivity contribution in [3.05, 3.63) is 52.3 Å². The molecule has 1 aliphatic rings. The van der Waals surface area contributed by atoms with E-state index in [1.54, 1.807) is 6.92 Å². The summed E-state index contributed by atoms with van der Waals surface area (Å²) in [5.74, 6) is 0.467. The molecule has 25 heavy (non-hydrogen) atoms. The first-order valence-corrected chi connectivity index (χ1v) is 8.50. The predicted molar refractivity (Wildman–Crippen MR) is 91.3 cm³/mol. The van der Waals surface area contributed by atoms with Gasteiger partial charge in [0.1, 0.15) is 0 Å². The molecule has 1 aliphatic carbocycles. The van der Waals surface area contributed by atoms with E-state index in [1.807, 2.05) is 25.1 Å². The van der Waals surface area contributed by atoms with Gasteiger partial charge in [-0.25, -0.2) is 4.79 Å². The van der Waals surface area contributed by atoms with Crippen molar-refractivity contribution in [2.45, 2.75) is 46.1 Å². The molecule has 0 fully saturated rings. The van der Waals surface area contributed by atoms with Gasteiger partial charge in [-0.2, -0.15) is 4.98 Å².